The molecule has 2 bridgehead atoms. The summed E-state index contributed by atoms with van der Waals surface area (Å²) < 4.78 is 5.49. The topological polar surface area (TPSA) is 69.5 Å². The van der Waals surface area contributed by atoms with Crippen molar-refractivity contribution in [1.82, 2.24) is 9.88 Å². The molecular formula is C22H27ClN4O2. The number of carbonyl (C=O) groups is 1. The van der Waals surface area contributed by atoms with Crippen LogP contribution in [0.3, 0.4) is 0 Å². The van der Waals surface area contributed by atoms with Crippen molar-refractivity contribution in [1.29, 1.82) is 5.26 Å². The van der Waals surface area contributed by atoms with Crippen LogP contribution in [-0.4, -0.2) is 47.8 Å². The van der Waals surface area contributed by atoms with E-state index in [1.807, 2.05) is 20.8 Å². The van der Waals surface area contributed by atoms with Crippen LogP contribution in [-0.2, 0) is 4.74 Å². The maximum absolute atomic E-state index is 12.3. The lowest BCUT2D eigenvalue weighted by molar-refractivity contribution is -0.0266. The molecule has 0 radical (unpaired) electrons. The molecule has 3 heterocycles. The van der Waals surface area contributed by atoms with Crippen molar-refractivity contribution in [3.63, 3.8) is 0 Å². The van der Waals surface area contributed by atoms with Gasteiger partial charge in [0.05, 0.1) is 10.7 Å². The summed E-state index contributed by atoms with van der Waals surface area (Å²) >= 11 is 6.72. The first-order valence-electron chi connectivity index (χ1n) is 10.6. The van der Waals surface area contributed by atoms with Crippen LogP contribution in [0.2, 0.25) is 5.02 Å². The number of pyridine rings is 1. The van der Waals surface area contributed by atoms with Crippen LogP contribution in [0.25, 0.3) is 0 Å². The number of ether oxygens (including phenoxy) is 1. The first kappa shape index (κ1) is 19.0. The molecule has 1 aromatic heterocycles. The molecule has 0 N–H and O–H groups in total. The first-order valence-corrected chi connectivity index (χ1v) is 10.9. The molecule has 2 aliphatic carbocycles. The molecule has 2 saturated heterocycles. The zero-order valence-electron chi connectivity index (χ0n) is 17.3. The maximum atomic E-state index is 12.3. The van der Waals surface area contributed by atoms with E-state index >= 15 is 0 Å². The van der Waals surface area contributed by atoms with Gasteiger partial charge in [-0.3, -0.25) is 0 Å². The van der Waals surface area contributed by atoms with Crippen LogP contribution >= 0.6 is 11.6 Å². The minimum atomic E-state index is -0.478. The normalized spacial score (nSPS) is 26.4. The number of hydrogen-bond donors (Lipinski definition) is 0. The zero-order chi connectivity index (χ0) is 20.6. The van der Waals surface area contributed by atoms with Gasteiger partial charge >= 0.3 is 6.09 Å². The third-order valence-electron chi connectivity index (χ3n) is 6.96. The molecule has 1 aromatic rings. The number of rotatable bonds is 1. The second-order valence-electron chi connectivity index (χ2n) is 10.2. The van der Waals surface area contributed by atoms with E-state index in [0.29, 0.717) is 35.5 Å². The summed E-state index contributed by atoms with van der Waals surface area (Å²) in [6.07, 6.45) is 4.22. The van der Waals surface area contributed by atoms with E-state index in [-0.39, 0.29) is 11.5 Å². The van der Waals surface area contributed by atoms with Gasteiger partial charge in [0.2, 0.25) is 0 Å². The van der Waals surface area contributed by atoms with Crippen LogP contribution in [0.5, 0.6) is 0 Å². The van der Waals surface area contributed by atoms with E-state index in [1.165, 1.54) is 6.42 Å². The van der Waals surface area contributed by atoms with Crippen LogP contribution in [0.1, 0.15) is 75.1 Å². The molecule has 0 aromatic carbocycles. The molecule has 0 unspecified atom stereocenters. The van der Waals surface area contributed by atoms with Gasteiger partial charge in [-0.05, 0) is 57.9 Å². The van der Waals surface area contributed by atoms with Gasteiger partial charge in [-0.25, -0.2) is 9.78 Å². The molecule has 7 heteroatoms. The molecule has 1 amide bonds. The summed E-state index contributed by atoms with van der Waals surface area (Å²) in [7, 11) is 0. The fraction of sp³-hybridized carbons (Fsp3) is 0.682. The highest BCUT2D eigenvalue weighted by atomic mass is 35.5. The highest BCUT2D eigenvalue weighted by Crippen LogP contribution is 2.56. The lowest BCUT2D eigenvalue weighted by Gasteiger charge is -2.47. The Labute approximate surface area is 176 Å². The third kappa shape index (κ3) is 2.97. The van der Waals surface area contributed by atoms with Crippen molar-refractivity contribution < 1.29 is 9.53 Å². The van der Waals surface area contributed by atoms with Gasteiger partial charge in [0.1, 0.15) is 23.1 Å². The fourth-order valence-electron chi connectivity index (χ4n) is 5.69. The Hall–Kier alpha value is -2.00. The quantitative estimate of drug-likeness (QED) is 0.680. The van der Waals surface area contributed by atoms with Crippen molar-refractivity contribution in [2.24, 2.45) is 5.41 Å². The molecule has 29 heavy (non-hydrogen) atoms. The van der Waals surface area contributed by atoms with E-state index in [2.05, 4.69) is 11.0 Å². The number of fused-ring (bicyclic) bond motifs is 5. The number of carbonyl (C=O) groups excluding carboxylic acids is 1. The molecule has 1 spiro atoms. The van der Waals surface area contributed by atoms with Crippen molar-refractivity contribution in [3.05, 3.63) is 21.8 Å². The number of aromatic nitrogens is 1. The minimum Gasteiger partial charge on any atom is -0.444 e. The first-order chi connectivity index (χ1) is 13.7. The minimum absolute atomic E-state index is 0.0653. The number of nitrogens with zero attached hydrogens (tertiary/aromatic N) is 4. The van der Waals surface area contributed by atoms with Crippen LogP contribution in [0.15, 0.2) is 0 Å². The molecule has 3 fully saturated rings. The highest BCUT2D eigenvalue weighted by Gasteiger charge is 2.51. The lowest BCUT2D eigenvalue weighted by Crippen LogP contribution is -2.60. The Morgan fingerprint density at radius 1 is 1.28 bits per heavy atom. The molecule has 1 saturated carbocycles. The summed E-state index contributed by atoms with van der Waals surface area (Å²) in [5, 5.41) is 10.4. The average molecular weight is 415 g/mol. The molecule has 5 rings (SSSR count). The predicted molar refractivity (Wildman–Crippen MR) is 110 cm³/mol. The number of likely N-dealkylation sites (tertiary alicyclic amines) is 1. The van der Waals surface area contributed by atoms with Gasteiger partial charge in [-0.15, -0.1) is 0 Å². The van der Waals surface area contributed by atoms with Gasteiger partial charge in [-0.2, -0.15) is 5.26 Å². The van der Waals surface area contributed by atoms with Crippen molar-refractivity contribution in [3.8, 4) is 6.07 Å². The van der Waals surface area contributed by atoms with E-state index in [4.69, 9.17) is 21.3 Å². The van der Waals surface area contributed by atoms with E-state index in [0.717, 1.165) is 49.4 Å². The Balaban J connectivity index is 1.35. The number of nitriles is 1. The number of amides is 1. The monoisotopic (exact) mass is 414 g/mol. The van der Waals surface area contributed by atoms with Crippen molar-refractivity contribution >= 4 is 23.5 Å². The summed E-state index contributed by atoms with van der Waals surface area (Å²) in [6.45, 7) is 8.70. The Morgan fingerprint density at radius 2 is 2.00 bits per heavy atom. The largest absolute Gasteiger partial charge is 0.444 e. The zero-order valence-corrected chi connectivity index (χ0v) is 18.1. The summed E-state index contributed by atoms with van der Waals surface area (Å²) in [4.78, 5) is 21.3. The molecule has 6 nitrogen and oxygen atoms in total. The maximum Gasteiger partial charge on any atom is 0.410 e. The van der Waals surface area contributed by atoms with Crippen molar-refractivity contribution in [2.45, 2.75) is 63.9 Å². The van der Waals surface area contributed by atoms with Gasteiger partial charge in [-0.1, -0.05) is 11.6 Å². The number of halogens is 1. The van der Waals surface area contributed by atoms with Crippen LogP contribution < -0.4 is 4.90 Å². The summed E-state index contributed by atoms with van der Waals surface area (Å²) in [5.41, 5.74) is 2.38. The Kier molecular flexibility index (Phi) is 4.09. The summed E-state index contributed by atoms with van der Waals surface area (Å²) in [6, 6.07) is 2.33. The predicted octanol–water partition coefficient (Wildman–Crippen LogP) is 4.42. The third-order valence-corrected chi connectivity index (χ3v) is 7.36. The van der Waals surface area contributed by atoms with Gasteiger partial charge in [0.25, 0.3) is 0 Å². The second-order valence-corrected chi connectivity index (χ2v) is 10.6. The lowest BCUT2D eigenvalue weighted by atomic mass is 9.79. The van der Waals surface area contributed by atoms with Crippen LogP contribution in [0.4, 0.5) is 10.6 Å². The average Bonchev–Trinajstić information content (AvgIpc) is 3.33. The molecule has 4 aliphatic rings. The smallest absolute Gasteiger partial charge is 0.410 e. The number of anilines is 1. The van der Waals surface area contributed by atoms with Gasteiger partial charge in [0, 0.05) is 37.5 Å². The van der Waals surface area contributed by atoms with E-state index < -0.39 is 5.60 Å². The molecular weight excluding hydrogens is 388 g/mol. The van der Waals surface area contributed by atoms with Gasteiger partial charge < -0.3 is 14.5 Å². The second kappa shape index (κ2) is 6.25. The SMILES string of the molecule is CC(C)(C)OC(=O)N1CC2(CCN(c3nc4c(c(Cl)c3C#N)[C@H]3CC[C@@H]4C3)C2)C1. The van der Waals surface area contributed by atoms with E-state index in [9.17, 15) is 10.1 Å². The van der Waals surface area contributed by atoms with E-state index in [1.54, 1.807) is 4.90 Å². The standard InChI is InChI=1S/C22H27ClN4O2/c1-21(2,3)29-20(28)27-11-22(12-27)6-7-26(10-22)19-15(9-24)17(23)16-13-4-5-14(8-13)18(16)25-19/h13-14H,4-8,10-12H2,1-3H3/t13-,14+/m0/s1. The Bertz CT molecular complexity index is 926. The molecule has 2 atom stereocenters. The highest BCUT2D eigenvalue weighted by molar-refractivity contribution is 6.33. The van der Waals surface area contributed by atoms with Gasteiger partial charge in [0.15, 0.2) is 0 Å². The summed E-state index contributed by atoms with van der Waals surface area (Å²) in [5.74, 6) is 1.73. The molecule has 154 valence electrons. The Morgan fingerprint density at radius 3 is 2.69 bits per heavy atom. The van der Waals surface area contributed by atoms with Crippen LogP contribution in [0, 0.1) is 16.7 Å². The number of hydrogen-bond acceptors (Lipinski definition) is 5. The fourth-order valence-corrected chi connectivity index (χ4v) is 6.07. The van der Waals surface area contributed by atoms with Crippen molar-refractivity contribution in [2.75, 3.05) is 31.1 Å². The molecule has 2 aliphatic heterocycles.